The third-order valence-corrected chi connectivity index (χ3v) is 4.61. The van der Waals surface area contributed by atoms with Crippen LogP contribution in [0.3, 0.4) is 0 Å². The van der Waals surface area contributed by atoms with Gasteiger partial charge in [-0.2, -0.15) is 11.8 Å². The van der Waals surface area contributed by atoms with Gasteiger partial charge in [0.05, 0.1) is 0 Å². The molecule has 0 spiro atoms. The summed E-state index contributed by atoms with van der Waals surface area (Å²) in [4.78, 5) is 2.54. The van der Waals surface area contributed by atoms with Gasteiger partial charge in [0.2, 0.25) is 0 Å². The van der Waals surface area contributed by atoms with Crippen molar-refractivity contribution in [2.24, 2.45) is 0 Å². The second-order valence-electron chi connectivity index (χ2n) is 4.71. The summed E-state index contributed by atoms with van der Waals surface area (Å²) in [6.45, 7) is 3.51. The van der Waals surface area contributed by atoms with Gasteiger partial charge in [-0.3, -0.25) is 4.90 Å². The van der Waals surface area contributed by atoms with E-state index >= 15 is 0 Å². The van der Waals surface area contributed by atoms with Crippen LogP contribution in [0.5, 0.6) is 0 Å². The molecule has 1 aliphatic heterocycles. The molecule has 2 unspecified atom stereocenters. The fourth-order valence-electron chi connectivity index (χ4n) is 2.02. The number of hydrogen-bond acceptors (Lipinski definition) is 3. The Hall–Kier alpha value is 0.270. The van der Waals surface area contributed by atoms with Gasteiger partial charge in [0.25, 0.3) is 0 Å². The number of rotatable bonds is 5. The molecule has 1 saturated heterocycles. The van der Waals surface area contributed by atoms with Crippen molar-refractivity contribution in [1.82, 2.24) is 10.2 Å². The van der Waals surface area contributed by atoms with Crippen LogP contribution in [0.15, 0.2) is 0 Å². The molecule has 14 heavy (non-hydrogen) atoms. The van der Waals surface area contributed by atoms with Crippen molar-refractivity contribution >= 4 is 11.8 Å². The highest BCUT2D eigenvalue weighted by Gasteiger charge is 2.29. The molecule has 0 amide bonds. The van der Waals surface area contributed by atoms with Crippen LogP contribution in [0.25, 0.3) is 0 Å². The van der Waals surface area contributed by atoms with Crippen molar-refractivity contribution in [3.8, 4) is 0 Å². The molecule has 0 radical (unpaired) electrons. The maximum Gasteiger partial charge on any atom is 0.0192 e. The van der Waals surface area contributed by atoms with Crippen LogP contribution in [-0.4, -0.2) is 48.1 Å². The summed E-state index contributed by atoms with van der Waals surface area (Å²) in [6, 6.07) is 2.38. The molecule has 1 heterocycles. The van der Waals surface area contributed by atoms with Gasteiger partial charge in [-0.1, -0.05) is 0 Å². The van der Waals surface area contributed by atoms with Crippen molar-refractivity contribution in [1.29, 1.82) is 0 Å². The molecule has 0 aromatic carbocycles. The summed E-state index contributed by atoms with van der Waals surface area (Å²) < 4.78 is 0. The van der Waals surface area contributed by atoms with Gasteiger partial charge in [0, 0.05) is 30.4 Å². The summed E-state index contributed by atoms with van der Waals surface area (Å²) in [5.74, 6) is 2.67. The lowest BCUT2D eigenvalue weighted by Gasteiger charge is -2.26. The van der Waals surface area contributed by atoms with Gasteiger partial charge < -0.3 is 5.32 Å². The van der Waals surface area contributed by atoms with Crippen LogP contribution in [0.2, 0.25) is 0 Å². The molecule has 2 aliphatic rings. The molecule has 0 bridgehead atoms. The van der Waals surface area contributed by atoms with E-state index in [1.54, 1.807) is 0 Å². The third-order valence-electron chi connectivity index (χ3n) is 3.45. The van der Waals surface area contributed by atoms with E-state index in [-0.39, 0.29) is 0 Å². The second-order valence-corrected chi connectivity index (χ2v) is 5.86. The van der Waals surface area contributed by atoms with E-state index in [4.69, 9.17) is 0 Å². The Morgan fingerprint density at radius 2 is 2.21 bits per heavy atom. The predicted octanol–water partition coefficient (Wildman–Crippen LogP) is 1.56. The van der Waals surface area contributed by atoms with Crippen LogP contribution < -0.4 is 5.32 Å². The van der Waals surface area contributed by atoms with E-state index < -0.39 is 0 Å². The lowest BCUT2D eigenvalue weighted by Crippen LogP contribution is -2.42. The fraction of sp³-hybridized carbons (Fsp3) is 1.00. The Balaban J connectivity index is 1.63. The highest BCUT2D eigenvalue weighted by atomic mass is 32.2. The molecule has 2 fully saturated rings. The Morgan fingerprint density at radius 1 is 1.43 bits per heavy atom. The van der Waals surface area contributed by atoms with Crippen LogP contribution in [-0.2, 0) is 0 Å². The van der Waals surface area contributed by atoms with Crippen molar-refractivity contribution in [3.05, 3.63) is 0 Å². The quantitative estimate of drug-likeness (QED) is 0.748. The van der Waals surface area contributed by atoms with E-state index in [1.165, 1.54) is 30.8 Å². The average molecular weight is 214 g/mol. The summed E-state index contributed by atoms with van der Waals surface area (Å²) in [7, 11) is 2.27. The van der Waals surface area contributed by atoms with Gasteiger partial charge in [0.1, 0.15) is 0 Å². The fourth-order valence-corrected chi connectivity index (χ4v) is 3.21. The molecule has 2 atom stereocenters. The molecule has 2 nitrogen and oxygen atoms in total. The Bertz CT molecular complexity index is 176. The third kappa shape index (κ3) is 2.88. The molecule has 1 N–H and O–H groups in total. The van der Waals surface area contributed by atoms with Crippen LogP contribution in [0.4, 0.5) is 0 Å². The largest absolute Gasteiger partial charge is 0.312 e. The van der Waals surface area contributed by atoms with Crippen molar-refractivity contribution in [3.63, 3.8) is 0 Å². The van der Waals surface area contributed by atoms with Gasteiger partial charge in [-0.05, 0) is 39.0 Å². The minimum absolute atomic E-state index is 0.702. The first-order valence-corrected chi connectivity index (χ1v) is 6.96. The first kappa shape index (κ1) is 10.8. The van der Waals surface area contributed by atoms with E-state index in [0.29, 0.717) is 6.04 Å². The lowest BCUT2D eigenvalue weighted by atomic mass is 10.2. The molecule has 1 saturated carbocycles. The smallest absolute Gasteiger partial charge is 0.0192 e. The number of likely N-dealkylation sites (N-methyl/N-ethyl adjacent to an activating group) is 1. The molecule has 0 aromatic rings. The average Bonchev–Trinajstić information content (AvgIpc) is 2.91. The summed E-state index contributed by atoms with van der Waals surface area (Å²) in [5.41, 5.74) is 0. The van der Waals surface area contributed by atoms with Crippen LogP contribution in [0.1, 0.15) is 26.2 Å². The van der Waals surface area contributed by atoms with Crippen LogP contribution in [0, 0.1) is 0 Å². The zero-order chi connectivity index (χ0) is 9.97. The van der Waals surface area contributed by atoms with Gasteiger partial charge in [-0.25, -0.2) is 0 Å². The van der Waals surface area contributed by atoms with Crippen molar-refractivity contribution in [2.75, 3.05) is 25.1 Å². The lowest BCUT2D eigenvalue weighted by molar-refractivity contribution is 0.237. The monoisotopic (exact) mass is 214 g/mol. The van der Waals surface area contributed by atoms with E-state index in [2.05, 4.69) is 35.9 Å². The molecular weight excluding hydrogens is 192 g/mol. The molecule has 0 aromatic heterocycles. The van der Waals surface area contributed by atoms with E-state index in [0.717, 1.165) is 18.6 Å². The first-order valence-electron chi connectivity index (χ1n) is 5.80. The number of hydrogen-bond donors (Lipinski definition) is 1. The highest BCUT2D eigenvalue weighted by Crippen LogP contribution is 2.26. The number of thioether (sulfide) groups is 1. The Morgan fingerprint density at radius 3 is 2.79 bits per heavy atom. The molecule has 2 rings (SSSR count). The molecular formula is C11H22N2S. The minimum Gasteiger partial charge on any atom is -0.312 e. The number of nitrogens with one attached hydrogen (secondary N) is 1. The first-order chi connectivity index (χ1) is 6.77. The zero-order valence-corrected chi connectivity index (χ0v) is 10.1. The second kappa shape index (κ2) is 4.86. The van der Waals surface area contributed by atoms with E-state index in [1.807, 2.05) is 0 Å². The Labute approximate surface area is 91.8 Å². The Kier molecular flexibility index (Phi) is 3.74. The SMILES string of the molecule is CC(CNC1CCSC1)N(C)C1CC1. The van der Waals surface area contributed by atoms with Gasteiger partial charge in [0.15, 0.2) is 0 Å². The summed E-state index contributed by atoms with van der Waals surface area (Å²) in [6.07, 6.45) is 4.20. The van der Waals surface area contributed by atoms with Crippen molar-refractivity contribution < 1.29 is 0 Å². The maximum atomic E-state index is 3.68. The topological polar surface area (TPSA) is 15.3 Å². The predicted molar refractivity (Wildman–Crippen MR) is 64.0 cm³/mol. The minimum atomic E-state index is 0.702. The highest BCUT2D eigenvalue weighted by molar-refractivity contribution is 7.99. The van der Waals surface area contributed by atoms with Crippen LogP contribution >= 0.6 is 11.8 Å². The summed E-state index contributed by atoms with van der Waals surface area (Å²) in [5, 5.41) is 3.68. The normalized spacial score (nSPS) is 29.8. The number of nitrogens with zero attached hydrogens (tertiary/aromatic N) is 1. The van der Waals surface area contributed by atoms with Gasteiger partial charge >= 0.3 is 0 Å². The summed E-state index contributed by atoms with van der Waals surface area (Å²) >= 11 is 2.08. The van der Waals surface area contributed by atoms with Crippen molar-refractivity contribution in [2.45, 2.75) is 44.3 Å². The zero-order valence-electron chi connectivity index (χ0n) is 9.33. The molecule has 82 valence electrons. The maximum absolute atomic E-state index is 3.68. The van der Waals surface area contributed by atoms with E-state index in [9.17, 15) is 0 Å². The molecule has 3 heteroatoms. The van der Waals surface area contributed by atoms with Gasteiger partial charge in [-0.15, -0.1) is 0 Å². The molecule has 1 aliphatic carbocycles. The standard InChI is InChI=1S/C11H22N2S/c1-9(13(2)11-3-4-11)7-12-10-5-6-14-8-10/h9-12H,3-8H2,1-2H3.